The van der Waals surface area contributed by atoms with E-state index in [0.717, 1.165) is 5.82 Å². The predicted octanol–water partition coefficient (Wildman–Crippen LogP) is 2.99. The van der Waals surface area contributed by atoms with Crippen molar-refractivity contribution >= 4 is 30.8 Å². The first-order chi connectivity index (χ1) is 7.11. The van der Waals surface area contributed by atoms with Gasteiger partial charge in [-0.2, -0.15) is 0 Å². The Kier molecular flexibility index (Phi) is 7.92. The largest absolute Gasteiger partial charge is 0.363 e. The summed E-state index contributed by atoms with van der Waals surface area (Å²) >= 11 is 11.1. The smallest absolute Gasteiger partial charge is 0.299 e. The molecule has 0 saturated heterocycles. The number of terminal acetylenes is 1. The van der Waals surface area contributed by atoms with E-state index in [1.807, 2.05) is 0 Å². The maximum atomic E-state index is 11.9. The lowest BCUT2D eigenvalue weighted by atomic mass is 10.5. The minimum atomic E-state index is -3.44. The fourth-order valence-corrected chi connectivity index (χ4v) is 2.51. The van der Waals surface area contributed by atoms with Gasteiger partial charge in [-0.15, -0.1) is 35.4 Å². The molecule has 0 aliphatic heterocycles. The predicted molar refractivity (Wildman–Crippen MR) is 62.4 cm³/mol. The van der Waals surface area contributed by atoms with Crippen LogP contribution in [0.25, 0.3) is 0 Å². The molecule has 1 unspecified atom stereocenters. The van der Waals surface area contributed by atoms with Gasteiger partial charge in [0.25, 0.3) is 0 Å². The van der Waals surface area contributed by atoms with Crippen LogP contribution in [0.1, 0.15) is 0 Å². The standard InChI is InChI=1S/C9H11Cl2O3P/c1-3-5-13-15(12,6-4-2)14-9(7-10)8-11/h1,6,9H,2,5,7-8H2. The molecule has 6 heteroatoms. The van der Waals surface area contributed by atoms with Crippen molar-refractivity contribution < 1.29 is 13.6 Å². The molecule has 0 aromatic carbocycles. The number of alkyl halides is 2. The zero-order chi connectivity index (χ0) is 11.7. The molecule has 0 N–H and O–H groups in total. The van der Waals surface area contributed by atoms with E-state index in [2.05, 4.69) is 18.2 Å². The lowest BCUT2D eigenvalue weighted by Crippen LogP contribution is -2.15. The highest BCUT2D eigenvalue weighted by Gasteiger charge is 2.25. The van der Waals surface area contributed by atoms with Crippen molar-refractivity contribution in [1.82, 2.24) is 0 Å². The van der Waals surface area contributed by atoms with Gasteiger partial charge in [0, 0.05) is 0 Å². The molecule has 0 bridgehead atoms. The van der Waals surface area contributed by atoms with Crippen molar-refractivity contribution in [2.75, 3.05) is 18.4 Å². The SMILES string of the molecule is C#CCOP(=O)(C=C=C)OC(CCl)CCl. The van der Waals surface area contributed by atoms with Crippen LogP contribution in [0.3, 0.4) is 0 Å². The van der Waals surface area contributed by atoms with E-state index in [9.17, 15) is 4.57 Å². The summed E-state index contributed by atoms with van der Waals surface area (Å²) in [6.07, 6.45) is 4.41. The van der Waals surface area contributed by atoms with E-state index < -0.39 is 13.7 Å². The summed E-state index contributed by atoms with van der Waals surface area (Å²) in [7, 11) is -3.44. The molecule has 1 atom stereocenters. The minimum absolute atomic E-state index is 0.109. The summed E-state index contributed by atoms with van der Waals surface area (Å²) in [6.45, 7) is 3.15. The summed E-state index contributed by atoms with van der Waals surface area (Å²) in [5.74, 6) is 3.49. The maximum absolute atomic E-state index is 11.9. The molecular formula is C9H11Cl2O3P. The van der Waals surface area contributed by atoms with Gasteiger partial charge in [-0.05, 0) is 0 Å². The van der Waals surface area contributed by atoms with Crippen LogP contribution in [0.5, 0.6) is 0 Å². The summed E-state index contributed by atoms with van der Waals surface area (Å²) in [5, 5.41) is 0. The number of rotatable bonds is 7. The van der Waals surface area contributed by atoms with Gasteiger partial charge in [0.05, 0.1) is 23.7 Å². The third kappa shape index (κ3) is 6.07. The van der Waals surface area contributed by atoms with Gasteiger partial charge in [0.1, 0.15) is 6.61 Å². The Morgan fingerprint density at radius 3 is 2.53 bits per heavy atom. The Morgan fingerprint density at radius 2 is 2.13 bits per heavy atom. The zero-order valence-electron chi connectivity index (χ0n) is 7.99. The zero-order valence-corrected chi connectivity index (χ0v) is 10.4. The van der Waals surface area contributed by atoms with Crippen LogP contribution in [0.4, 0.5) is 0 Å². The Bertz CT molecular complexity index is 314. The highest BCUT2D eigenvalue weighted by Crippen LogP contribution is 2.50. The monoisotopic (exact) mass is 268 g/mol. The average Bonchev–Trinajstić information content (AvgIpc) is 2.24. The Labute approximate surface area is 99.6 Å². The number of hydrogen-bond acceptors (Lipinski definition) is 3. The van der Waals surface area contributed by atoms with Gasteiger partial charge < -0.3 is 0 Å². The van der Waals surface area contributed by atoms with Gasteiger partial charge in [-0.1, -0.05) is 12.5 Å². The molecule has 0 aromatic rings. The molecule has 3 nitrogen and oxygen atoms in total. The van der Waals surface area contributed by atoms with Gasteiger partial charge in [0.15, 0.2) is 0 Å². The van der Waals surface area contributed by atoms with E-state index in [4.69, 9.17) is 38.7 Å². The summed E-state index contributed by atoms with van der Waals surface area (Å²) < 4.78 is 21.9. The quantitative estimate of drug-likeness (QED) is 0.308. The molecule has 0 aliphatic carbocycles. The molecule has 0 radical (unpaired) electrons. The summed E-state index contributed by atoms with van der Waals surface area (Å²) in [4.78, 5) is 0. The lowest BCUT2D eigenvalue weighted by molar-refractivity contribution is 0.190. The maximum Gasteiger partial charge on any atom is 0.363 e. The van der Waals surface area contributed by atoms with Crippen molar-refractivity contribution in [1.29, 1.82) is 0 Å². The van der Waals surface area contributed by atoms with E-state index in [0.29, 0.717) is 0 Å². The molecular weight excluding hydrogens is 258 g/mol. The molecule has 0 aliphatic rings. The highest BCUT2D eigenvalue weighted by molar-refractivity contribution is 7.57. The second kappa shape index (κ2) is 8.02. The normalized spacial score (nSPS) is 14.0. The second-order valence-corrected chi connectivity index (χ2v) is 4.81. The van der Waals surface area contributed by atoms with Crippen LogP contribution < -0.4 is 0 Å². The van der Waals surface area contributed by atoms with Crippen LogP contribution in [0.2, 0.25) is 0 Å². The molecule has 0 saturated carbocycles. The van der Waals surface area contributed by atoms with Crippen LogP contribution in [-0.2, 0) is 13.6 Å². The van der Waals surface area contributed by atoms with Gasteiger partial charge >= 0.3 is 7.60 Å². The van der Waals surface area contributed by atoms with Crippen LogP contribution >= 0.6 is 30.8 Å². The van der Waals surface area contributed by atoms with Gasteiger partial charge in [-0.3, -0.25) is 13.6 Å². The van der Waals surface area contributed by atoms with Crippen molar-refractivity contribution in [3.05, 3.63) is 18.1 Å². The second-order valence-electron chi connectivity index (χ2n) is 2.39. The van der Waals surface area contributed by atoms with Crippen LogP contribution in [0.15, 0.2) is 18.1 Å². The fraction of sp³-hybridized carbons (Fsp3) is 0.444. The van der Waals surface area contributed by atoms with Crippen molar-refractivity contribution in [2.45, 2.75) is 6.10 Å². The average molecular weight is 269 g/mol. The van der Waals surface area contributed by atoms with Crippen molar-refractivity contribution in [3.8, 4) is 12.3 Å². The van der Waals surface area contributed by atoms with E-state index in [1.54, 1.807) is 0 Å². The molecule has 84 valence electrons. The number of hydrogen-bond donors (Lipinski definition) is 0. The Hall–Kier alpha value is -0.190. The van der Waals surface area contributed by atoms with E-state index in [1.165, 1.54) is 0 Å². The molecule has 0 rings (SSSR count). The van der Waals surface area contributed by atoms with E-state index in [-0.39, 0.29) is 18.4 Å². The lowest BCUT2D eigenvalue weighted by Gasteiger charge is -2.18. The topological polar surface area (TPSA) is 35.5 Å². The van der Waals surface area contributed by atoms with Gasteiger partial charge in [0.2, 0.25) is 0 Å². The molecule has 0 amide bonds. The highest BCUT2D eigenvalue weighted by atomic mass is 35.5. The van der Waals surface area contributed by atoms with Gasteiger partial charge in [-0.25, -0.2) is 0 Å². The third-order valence-corrected chi connectivity index (χ3v) is 3.49. The molecule has 15 heavy (non-hydrogen) atoms. The minimum Gasteiger partial charge on any atom is -0.299 e. The first-order valence-electron chi connectivity index (χ1n) is 3.97. The first kappa shape index (κ1) is 14.8. The molecule has 0 aromatic heterocycles. The molecule has 0 heterocycles. The van der Waals surface area contributed by atoms with Crippen LogP contribution in [0, 0.1) is 12.3 Å². The third-order valence-electron chi connectivity index (χ3n) is 1.22. The fourth-order valence-electron chi connectivity index (χ4n) is 0.643. The molecule has 0 spiro atoms. The summed E-state index contributed by atoms with van der Waals surface area (Å²) in [5.41, 5.74) is 2.33. The van der Waals surface area contributed by atoms with Crippen LogP contribution in [-0.4, -0.2) is 24.5 Å². The number of halogens is 2. The van der Waals surface area contributed by atoms with E-state index >= 15 is 0 Å². The first-order valence-corrected chi connectivity index (χ1v) is 6.65. The van der Waals surface area contributed by atoms with Crippen molar-refractivity contribution in [2.24, 2.45) is 0 Å². The molecule has 0 fully saturated rings. The Balaban J connectivity index is 4.58. The summed E-state index contributed by atoms with van der Waals surface area (Å²) in [6, 6.07) is 0. The Morgan fingerprint density at radius 1 is 1.53 bits per heavy atom. The van der Waals surface area contributed by atoms with Crippen molar-refractivity contribution in [3.63, 3.8) is 0 Å².